The maximum Gasteiger partial charge on any atom is 0.410 e. The lowest BCUT2D eigenvalue weighted by Gasteiger charge is -2.24. The monoisotopic (exact) mass is 354 g/mol. The van der Waals surface area contributed by atoms with Crippen LogP contribution in [-0.4, -0.2) is 55.9 Å². The largest absolute Gasteiger partial charge is 0.445 e. The van der Waals surface area contributed by atoms with Gasteiger partial charge in [0.15, 0.2) is 0 Å². The molecule has 1 aromatic rings. The minimum Gasteiger partial charge on any atom is -0.445 e. The maximum atomic E-state index is 12.2. The topological polar surface area (TPSA) is 85.8 Å². The van der Waals surface area contributed by atoms with Crippen molar-refractivity contribution in [1.29, 1.82) is 0 Å². The number of aryl methyl sites for hydroxylation is 1. The number of ether oxygens (including phenoxy) is 1. The molecule has 0 N–H and O–H groups in total. The minimum atomic E-state index is -3.58. The summed E-state index contributed by atoms with van der Waals surface area (Å²) in [6.07, 6.45) is 5.90. The van der Waals surface area contributed by atoms with Gasteiger partial charge in [-0.3, -0.25) is 9.17 Å². The van der Waals surface area contributed by atoms with Gasteiger partial charge in [-0.15, -0.1) is 0 Å². The summed E-state index contributed by atoms with van der Waals surface area (Å²) in [6, 6.07) is 1.70. The van der Waals surface area contributed by atoms with Crippen molar-refractivity contribution in [3.8, 4) is 0 Å². The highest BCUT2D eigenvalue weighted by Crippen LogP contribution is 2.26. The normalized spacial score (nSPS) is 20.8. The first-order valence-electron chi connectivity index (χ1n) is 7.62. The van der Waals surface area contributed by atoms with Gasteiger partial charge >= 0.3 is 6.09 Å². The fourth-order valence-electron chi connectivity index (χ4n) is 2.81. The molecule has 0 aliphatic carbocycles. The molecule has 1 aliphatic heterocycles. The summed E-state index contributed by atoms with van der Waals surface area (Å²) in [5.74, 6) is 0. The van der Waals surface area contributed by atoms with Gasteiger partial charge in [-0.2, -0.15) is 8.42 Å². The molecule has 24 heavy (non-hydrogen) atoms. The molecule has 0 saturated carbocycles. The van der Waals surface area contributed by atoms with E-state index >= 15 is 0 Å². The second kappa shape index (κ2) is 7.76. The molecule has 1 amide bonds. The van der Waals surface area contributed by atoms with E-state index in [-0.39, 0.29) is 19.2 Å². The zero-order valence-corrected chi connectivity index (χ0v) is 14.7. The van der Waals surface area contributed by atoms with E-state index in [1.54, 1.807) is 12.4 Å². The Morgan fingerprint density at radius 3 is 2.92 bits per heavy atom. The van der Waals surface area contributed by atoms with Crippen molar-refractivity contribution in [2.45, 2.75) is 31.9 Å². The average Bonchev–Trinajstić information content (AvgIpc) is 2.87. The molecule has 0 unspecified atom stereocenters. The van der Waals surface area contributed by atoms with Gasteiger partial charge in [-0.25, -0.2) is 4.79 Å². The smallest absolute Gasteiger partial charge is 0.410 e. The summed E-state index contributed by atoms with van der Waals surface area (Å²) in [5, 5.41) is 0. The number of hydrogen-bond acceptors (Lipinski definition) is 6. The highest BCUT2D eigenvalue weighted by atomic mass is 32.2. The Hall–Kier alpha value is -1.93. The molecule has 7 nitrogen and oxygen atoms in total. The SMILES string of the molecule is C=CCOC(=O)N1C[C@H](OS(C)(=O)=O)C[C@H]1Cc1ccncc1C. The number of rotatable bonds is 6. The number of carbonyl (C=O) groups is 1. The number of amides is 1. The van der Waals surface area contributed by atoms with Crippen LogP contribution in [0.1, 0.15) is 17.5 Å². The van der Waals surface area contributed by atoms with E-state index in [1.807, 2.05) is 13.0 Å². The van der Waals surface area contributed by atoms with Crippen LogP contribution >= 0.6 is 0 Å². The molecule has 1 aromatic heterocycles. The van der Waals surface area contributed by atoms with Gasteiger partial charge in [-0.1, -0.05) is 12.7 Å². The molecule has 1 fully saturated rings. The van der Waals surface area contributed by atoms with Crippen molar-refractivity contribution >= 4 is 16.2 Å². The maximum absolute atomic E-state index is 12.2. The van der Waals surface area contributed by atoms with Crippen LogP contribution in [0.25, 0.3) is 0 Å². The second-order valence-corrected chi connectivity index (χ2v) is 7.44. The standard InChI is InChI=1S/C16H22N2O5S/c1-4-7-22-16(19)18-11-15(23-24(3,20)21)9-14(18)8-13-5-6-17-10-12(13)2/h4-6,10,14-15H,1,7-9,11H2,2-3H3/t14-,15-/m1/s1. The van der Waals surface area contributed by atoms with Gasteiger partial charge < -0.3 is 9.64 Å². The van der Waals surface area contributed by atoms with Gasteiger partial charge in [0.2, 0.25) is 0 Å². The zero-order chi connectivity index (χ0) is 17.7. The lowest BCUT2D eigenvalue weighted by molar-refractivity contribution is 0.104. The number of carbonyl (C=O) groups excluding carboxylic acids is 1. The van der Waals surface area contributed by atoms with E-state index in [9.17, 15) is 13.2 Å². The van der Waals surface area contributed by atoms with Crippen LogP contribution in [0.3, 0.4) is 0 Å². The van der Waals surface area contributed by atoms with Crippen LogP contribution in [-0.2, 0) is 25.5 Å². The van der Waals surface area contributed by atoms with Crippen molar-refractivity contribution in [2.75, 3.05) is 19.4 Å². The summed E-state index contributed by atoms with van der Waals surface area (Å²) < 4.78 is 32.9. The van der Waals surface area contributed by atoms with Crippen LogP contribution in [0.4, 0.5) is 4.79 Å². The first-order valence-corrected chi connectivity index (χ1v) is 9.44. The third kappa shape index (κ3) is 5.04. The molecule has 0 aromatic carbocycles. The molecule has 132 valence electrons. The first-order chi connectivity index (χ1) is 11.3. The fraction of sp³-hybridized carbons (Fsp3) is 0.500. The summed E-state index contributed by atoms with van der Waals surface area (Å²) >= 11 is 0. The third-order valence-electron chi connectivity index (χ3n) is 3.84. The molecule has 1 aliphatic rings. The van der Waals surface area contributed by atoms with Crippen molar-refractivity contribution in [2.24, 2.45) is 0 Å². The van der Waals surface area contributed by atoms with E-state index < -0.39 is 22.3 Å². The summed E-state index contributed by atoms with van der Waals surface area (Å²) in [6.45, 7) is 5.74. The fourth-order valence-corrected chi connectivity index (χ4v) is 3.44. The van der Waals surface area contributed by atoms with E-state index in [2.05, 4.69) is 11.6 Å². The average molecular weight is 354 g/mol. The predicted octanol–water partition coefficient (Wildman–Crippen LogP) is 1.67. The van der Waals surface area contributed by atoms with Crippen molar-refractivity contribution in [1.82, 2.24) is 9.88 Å². The van der Waals surface area contributed by atoms with Crippen molar-refractivity contribution in [3.63, 3.8) is 0 Å². The minimum absolute atomic E-state index is 0.105. The summed E-state index contributed by atoms with van der Waals surface area (Å²) in [5.41, 5.74) is 2.07. The molecule has 1 saturated heterocycles. The highest BCUT2D eigenvalue weighted by molar-refractivity contribution is 7.86. The van der Waals surface area contributed by atoms with Crippen LogP contribution in [0.15, 0.2) is 31.1 Å². The van der Waals surface area contributed by atoms with Crippen LogP contribution < -0.4 is 0 Å². The second-order valence-electron chi connectivity index (χ2n) is 5.84. The third-order valence-corrected chi connectivity index (χ3v) is 4.46. The van der Waals surface area contributed by atoms with E-state index in [4.69, 9.17) is 8.92 Å². The number of nitrogens with zero attached hydrogens (tertiary/aromatic N) is 2. The Labute approximate surface area is 142 Å². The Morgan fingerprint density at radius 1 is 1.54 bits per heavy atom. The van der Waals surface area contributed by atoms with E-state index in [0.29, 0.717) is 12.8 Å². The van der Waals surface area contributed by atoms with Gasteiger partial charge in [0, 0.05) is 18.4 Å². The Morgan fingerprint density at radius 2 is 2.29 bits per heavy atom. The predicted molar refractivity (Wildman–Crippen MR) is 89.1 cm³/mol. The molecule has 8 heteroatoms. The molecule has 2 atom stereocenters. The summed E-state index contributed by atoms with van der Waals surface area (Å²) in [7, 11) is -3.58. The van der Waals surface area contributed by atoms with Crippen molar-refractivity contribution < 1.29 is 22.1 Å². The van der Waals surface area contributed by atoms with Crippen LogP contribution in [0.5, 0.6) is 0 Å². The molecular formula is C16H22N2O5S. The first kappa shape index (κ1) is 18.4. The zero-order valence-electron chi connectivity index (χ0n) is 13.8. The number of hydrogen-bond donors (Lipinski definition) is 0. The quantitative estimate of drug-likeness (QED) is 0.571. The Bertz CT molecular complexity index is 704. The molecule has 0 radical (unpaired) electrons. The highest BCUT2D eigenvalue weighted by Gasteiger charge is 2.38. The van der Waals surface area contributed by atoms with Crippen LogP contribution in [0, 0.1) is 6.92 Å². The molecule has 2 rings (SSSR count). The Kier molecular flexibility index (Phi) is 5.95. The number of likely N-dealkylation sites (tertiary alicyclic amines) is 1. The van der Waals surface area contributed by atoms with Gasteiger partial charge in [0.1, 0.15) is 6.61 Å². The Balaban J connectivity index is 2.15. The molecular weight excluding hydrogens is 332 g/mol. The van der Waals surface area contributed by atoms with Gasteiger partial charge in [0.25, 0.3) is 10.1 Å². The van der Waals surface area contributed by atoms with Crippen molar-refractivity contribution in [3.05, 3.63) is 42.2 Å². The lowest BCUT2D eigenvalue weighted by atomic mass is 10.0. The molecule has 0 bridgehead atoms. The van der Waals surface area contributed by atoms with Gasteiger partial charge in [0.05, 0.1) is 18.9 Å². The number of aromatic nitrogens is 1. The lowest BCUT2D eigenvalue weighted by Crippen LogP contribution is -2.38. The van der Waals surface area contributed by atoms with E-state index in [1.165, 1.54) is 11.0 Å². The number of pyridine rings is 1. The molecule has 2 heterocycles. The van der Waals surface area contributed by atoms with Crippen LogP contribution in [0.2, 0.25) is 0 Å². The molecule has 0 spiro atoms. The van der Waals surface area contributed by atoms with E-state index in [0.717, 1.165) is 17.4 Å². The summed E-state index contributed by atoms with van der Waals surface area (Å²) in [4.78, 5) is 17.8. The van der Waals surface area contributed by atoms with Gasteiger partial charge in [-0.05, 0) is 37.0 Å².